The van der Waals surface area contributed by atoms with Gasteiger partial charge in [-0.05, 0) is 44.0 Å². The van der Waals surface area contributed by atoms with Gasteiger partial charge in [0.25, 0.3) is 0 Å². The van der Waals surface area contributed by atoms with E-state index in [-0.39, 0.29) is 45.5 Å². The lowest BCUT2D eigenvalue weighted by atomic mass is 10.1. The van der Waals surface area contributed by atoms with Gasteiger partial charge in [0.1, 0.15) is 23.7 Å². The van der Waals surface area contributed by atoms with Gasteiger partial charge in [0, 0.05) is 25.7 Å². The number of aromatic hydroxyl groups is 1. The van der Waals surface area contributed by atoms with Gasteiger partial charge in [0.05, 0.1) is 38.7 Å². The highest BCUT2D eigenvalue weighted by Gasteiger charge is 2.31. The van der Waals surface area contributed by atoms with Gasteiger partial charge in [-0.25, -0.2) is 28.7 Å². The smallest absolute Gasteiger partial charge is 0.355 e. The molecule has 0 bridgehead atoms. The van der Waals surface area contributed by atoms with Gasteiger partial charge in [0.2, 0.25) is 5.91 Å². The number of aromatic nitrogens is 5. The Bertz CT molecular complexity index is 1740. The summed E-state index contributed by atoms with van der Waals surface area (Å²) in [6, 6.07) is 5.27. The van der Waals surface area contributed by atoms with Crippen molar-refractivity contribution in [2.45, 2.75) is 39.7 Å². The Kier molecular flexibility index (Phi) is 7.48. The van der Waals surface area contributed by atoms with Crippen LogP contribution in [0.3, 0.4) is 0 Å². The number of phenolic OH excluding ortho intramolecular Hbond substituents is 1. The number of amides is 1. The van der Waals surface area contributed by atoms with Crippen molar-refractivity contribution in [3.8, 4) is 22.7 Å². The Hall–Kier alpha value is -4.38. The summed E-state index contributed by atoms with van der Waals surface area (Å²) in [6.45, 7) is 12.3. The van der Waals surface area contributed by atoms with Gasteiger partial charge in [-0.15, -0.1) is 0 Å². The van der Waals surface area contributed by atoms with E-state index in [0.717, 1.165) is 0 Å². The zero-order chi connectivity index (χ0) is 29.6. The second-order valence-corrected chi connectivity index (χ2v) is 10.7. The quantitative estimate of drug-likeness (QED) is 0.347. The van der Waals surface area contributed by atoms with Crippen LogP contribution in [-0.2, 0) is 4.79 Å². The number of piperazine rings is 1. The van der Waals surface area contributed by atoms with Crippen LogP contribution in [0.4, 0.5) is 10.2 Å². The molecule has 1 N–H and O–H groups in total. The van der Waals surface area contributed by atoms with Crippen LogP contribution in [0.25, 0.3) is 28.0 Å². The summed E-state index contributed by atoms with van der Waals surface area (Å²) in [5.41, 5.74) is 0.846. The topological polar surface area (TPSA) is 117 Å². The highest BCUT2D eigenvalue weighted by atomic mass is 35.5. The minimum absolute atomic E-state index is 0.0323. The van der Waals surface area contributed by atoms with Gasteiger partial charge in [0.15, 0.2) is 5.65 Å². The number of rotatable bonds is 5. The molecule has 1 aliphatic rings. The van der Waals surface area contributed by atoms with Crippen LogP contribution < -0.4 is 10.6 Å². The third-order valence-electron chi connectivity index (χ3n) is 7.22. The molecule has 1 fully saturated rings. The Morgan fingerprint density at radius 3 is 2.66 bits per heavy atom. The van der Waals surface area contributed by atoms with Gasteiger partial charge >= 0.3 is 5.69 Å². The summed E-state index contributed by atoms with van der Waals surface area (Å²) in [6.07, 6.45) is 2.71. The molecule has 41 heavy (non-hydrogen) atoms. The maximum absolute atomic E-state index is 15.0. The van der Waals surface area contributed by atoms with E-state index in [4.69, 9.17) is 16.6 Å². The molecule has 1 atom stereocenters. The molecule has 212 valence electrons. The average molecular weight is 578 g/mol. The van der Waals surface area contributed by atoms with Gasteiger partial charge < -0.3 is 14.9 Å². The van der Waals surface area contributed by atoms with Gasteiger partial charge in [-0.2, -0.15) is 4.98 Å². The first-order chi connectivity index (χ1) is 19.5. The summed E-state index contributed by atoms with van der Waals surface area (Å²) in [5, 5.41) is 11.0. The molecule has 1 saturated heterocycles. The van der Waals surface area contributed by atoms with Crippen LogP contribution in [0, 0.1) is 12.7 Å². The normalized spacial score (nSPS) is 15.5. The number of phenols is 1. The van der Waals surface area contributed by atoms with Crippen molar-refractivity contribution in [2.75, 3.05) is 24.5 Å². The maximum Gasteiger partial charge on any atom is 0.355 e. The van der Waals surface area contributed by atoms with Crippen molar-refractivity contribution in [3.63, 3.8) is 0 Å². The highest BCUT2D eigenvalue weighted by molar-refractivity contribution is 6.34. The number of nitrogens with zero attached hydrogens (tertiary/aromatic N) is 7. The molecule has 0 radical (unpaired) electrons. The molecule has 12 heteroatoms. The summed E-state index contributed by atoms with van der Waals surface area (Å²) in [4.78, 5) is 47.7. The van der Waals surface area contributed by atoms with E-state index in [0.29, 0.717) is 47.9 Å². The first-order valence-corrected chi connectivity index (χ1v) is 13.5. The lowest BCUT2D eigenvalue weighted by Crippen LogP contribution is -2.54. The molecule has 4 aromatic rings. The number of hydrogen-bond donors (Lipinski definition) is 1. The summed E-state index contributed by atoms with van der Waals surface area (Å²) in [7, 11) is 0. The van der Waals surface area contributed by atoms with E-state index >= 15 is 0 Å². The van der Waals surface area contributed by atoms with Crippen molar-refractivity contribution < 1.29 is 14.3 Å². The number of carbonyl (C=O) groups excluding carboxylic acids is 1. The second-order valence-electron chi connectivity index (χ2n) is 10.3. The zero-order valence-corrected chi connectivity index (χ0v) is 23.9. The fraction of sp³-hybridized carbons (Fsp3) is 0.310. The molecule has 1 amide bonds. The molecule has 0 aliphatic carbocycles. The molecule has 10 nitrogen and oxygen atoms in total. The second kappa shape index (κ2) is 10.9. The third kappa shape index (κ3) is 4.90. The SMILES string of the molecule is C=CC(=O)N1CCN(c2nc(=O)n(-c3c(C)ncnc3C(C)C)c3nc(-c4c(O)cccc4F)c(Cl)cc23)C(C)C1. The molecular formula is C29H29ClFN7O3. The number of fused-ring (bicyclic) bond motifs is 1. The molecule has 3 aromatic heterocycles. The Morgan fingerprint density at radius 2 is 2.00 bits per heavy atom. The van der Waals surface area contributed by atoms with Crippen molar-refractivity contribution in [2.24, 2.45) is 0 Å². The Balaban J connectivity index is 1.83. The average Bonchev–Trinajstić information content (AvgIpc) is 2.93. The van der Waals surface area contributed by atoms with E-state index in [1.807, 2.05) is 25.7 Å². The fourth-order valence-electron chi connectivity index (χ4n) is 5.23. The van der Waals surface area contributed by atoms with E-state index < -0.39 is 11.5 Å². The number of pyridine rings is 1. The van der Waals surface area contributed by atoms with Gasteiger partial charge in [-0.1, -0.05) is 38.1 Å². The van der Waals surface area contributed by atoms with Crippen molar-refractivity contribution in [3.05, 3.63) is 76.0 Å². The van der Waals surface area contributed by atoms with E-state index in [9.17, 15) is 19.1 Å². The summed E-state index contributed by atoms with van der Waals surface area (Å²) in [5.74, 6) is -0.990. The highest BCUT2D eigenvalue weighted by Crippen LogP contribution is 2.39. The van der Waals surface area contributed by atoms with Crippen molar-refractivity contribution in [1.82, 2.24) is 29.4 Å². The number of carbonyl (C=O) groups is 1. The minimum Gasteiger partial charge on any atom is -0.507 e. The van der Waals surface area contributed by atoms with Crippen LogP contribution in [0.15, 0.2) is 48.0 Å². The van der Waals surface area contributed by atoms with Crippen LogP contribution in [0.5, 0.6) is 5.75 Å². The Labute approximate surface area is 240 Å². The van der Waals surface area contributed by atoms with E-state index in [1.54, 1.807) is 17.9 Å². The lowest BCUT2D eigenvalue weighted by Gasteiger charge is -2.40. The first kappa shape index (κ1) is 28.2. The van der Waals surface area contributed by atoms with Crippen LogP contribution in [0.1, 0.15) is 38.1 Å². The largest absolute Gasteiger partial charge is 0.507 e. The maximum atomic E-state index is 15.0. The fourth-order valence-corrected chi connectivity index (χ4v) is 5.48. The van der Waals surface area contributed by atoms with Crippen molar-refractivity contribution >= 4 is 34.4 Å². The van der Waals surface area contributed by atoms with Crippen LogP contribution in [0.2, 0.25) is 5.02 Å². The lowest BCUT2D eigenvalue weighted by molar-refractivity contribution is -0.126. The van der Waals surface area contributed by atoms with Gasteiger partial charge in [-0.3, -0.25) is 4.79 Å². The zero-order valence-electron chi connectivity index (χ0n) is 23.1. The molecule has 1 aromatic carbocycles. The summed E-state index contributed by atoms with van der Waals surface area (Å²) >= 11 is 6.70. The van der Waals surface area contributed by atoms with Crippen LogP contribution >= 0.6 is 11.6 Å². The predicted octanol–water partition coefficient (Wildman–Crippen LogP) is 4.39. The molecule has 5 rings (SSSR count). The number of halogens is 2. The molecule has 1 unspecified atom stereocenters. The number of aryl methyl sites for hydroxylation is 1. The number of hydrogen-bond acceptors (Lipinski definition) is 8. The molecule has 4 heterocycles. The first-order valence-electron chi connectivity index (χ1n) is 13.1. The molecule has 0 spiro atoms. The minimum atomic E-state index is -0.722. The van der Waals surface area contributed by atoms with E-state index in [1.165, 1.54) is 35.2 Å². The number of benzene rings is 1. The van der Waals surface area contributed by atoms with Crippen LogP contribution in [-0.4, -0.2) is 66.1 Å². The predicted molar refractivity (Wildman–Crippen MR) is 155 cm³/mol. The number of anilines is 1. The van der Waals surface area contributed by atoms with E-state index in [2.05, 4.69) is 21.5 Å². The third-order valence-corrected chi connectivity index (χ3v) is 7.51. The monoisotopic (exact) mass is 577 g/mol. The molecule has 1 aliphatic heterocycles. The Morgan fingerprint density at radius 1 is 1.24 bits per heavy atom. The molecular weight excluding hydrogens is 549 g/mol. The molecule has 0 saturated carbocycles. The van der Waals surface area contributed by atoms with Crippen molar-refractivity contribution in [1.29, 1.82) is 0 Å². The summed E-state index contributed by atoms with van der Waals surface area (Å²) < 4.78 is 16.3. The standard InChI is InChI=1S/C29H29ClFN7O3/c1-6-22(40)36-10-11-37(16(4)13-36)27-18-12-19(30)25(23-20(31)8-7-9-21(23)39)34-28(18)38(29(41)35-27)26-17(5)32-14-33-24(26)15(2)3/h6-9,12,14-16,39H,1,10-11,13H2,2-5H3.